The highest BCUT2D eigenvalue weighted by atomic mass is 32.1. The smallest absolute Gasteiger partial charge is 0.191 e. The van der Waals surface area contributed by atoms with Crippen molar-refractivity contribution in [1.82, 2.24) is 5.43 Å². The Balaban J connectivity index is 2.71. The van der Waals surface area contributed by atoms with Crippen LogP contribution in [0, 0.1) is 11.8 Å². The van der Waals surface area contributed by atoms with Crippen molar-refractivity contribution >= 4 is 29.2 Å². The molecule has 0 saturated carbocycles. The van der Waals surface area contributed by atoms with Gasteiger partial charge < -0.3 is 14.8 Å². The third-order valence-electron chi connectivity index (χ3n) is 2.97. The van der Waals surface area contributed by atoms with Crippen LogP contribution in [0.3, 0.4) is 0 Å². The van der Waals surface area contributed by atoms with Crippen molar-refractivity contribution in [3.05, 3.63) is 47.7 Å². The molecule has 0 radical (unpaired) electrons. The van der Waals surface area contributed by atoms with Crippen LogP contribution >= 0.6 is 12.2 Å². The van der Waals surface area contributed by atoms with E-state index < -0.39 is 0 Å². The molecule has 0 aliphatic carbocycles. The number of nitrogens with one attached hydrogen (secondary N) is 2. The molecule has 1 aromatic carbocycles. The maximum atomic E-state index is 5.55. The summed E-state index contributed by atoms with van der Waals surface area (Å²) in [6.45, 7) is 6.16. The minimum Gasteiger partial charge on any atom is -0.495 e. The summed E-state index contributed by atoms with van der Waals surface area (Å²) in [6.07, 6.45) is 5.18. The van der Waals surface area contributed by atoms with Gasteiger partial charge in [0.15, 0.2) is 5.11 Å². The number of nitrogens with zero attached hydrogens (tertiary/aromatic N) is 1. The second-order valence-corrected chi connectivity index (χ2v) is 5.01. The zero-order valence-electron chi connectivity index (χ0n) is 14.9. The molecule has 0 unspecified atom stereocenters. The number of hydrazone groups is 1. The topological polar surface area (TPSA) is 54.9 Å². The quantitative estimate of drug-likeness (QED) is 0.194. The SMILES string of the molecule is CC#C\C=C(OC)/C(=C\C)/C=N/NC(=S)Nc1ccccc1OCC. The van der Waals surface area contributed by atoms with Gasteiger partial charge in [-0.25, -0.2) is 0 Å². The molecule has 0 heterocycles. The summed E-state index contributed by atoms with van der Waals surface area (Å²) in [4.78, 5) is 0. The Labute approximate surface area is 154 Å². The molecule has 0 spiro atoms. The second kappa shape index (κ2) is 11.7. The van der Waals surface area contributed by atoms with Crippen LogP contribution in [0.1, 0.15) is 20.8 Å². The van der Waals surface area contributed by atoms with Gasteiger partial charge in [-0.2, -0.15) is 5.10 Å². The summed E-state index contributed by atoms with van der Waals surface area (Å²) >= 11 is 5.25. The Bertz CT molecular complexity index is 728. The van der Waals surface area contributed by atoms with E-state index in [1.54, 1.807) is 26.3 Å². The number of hydrogen-bond donors (Lipinski definition) is 2. The molecule has 1 aromatic rings. The highest BCUT2D eigenvalue weighted by molar-refractivity contribution is 7.80. The normalized spacial score (nSPS) is 11.5. The third kappa shape index (κ3) is 7.10. The molecule has 2 N–H and O–H groups in total. The van der Waals surface area contributed by atoms with Crippen molar-refractivity contribution in [2.75, 3.05) is 19.0 Å². The van der Waals surface area contributed by atoms with Gasteiger partial charge in [0.05, 0.1) is 25.6 Å². The van der Waals surface area contributed by atoms with E-state index in [4.69, 9.17) is 21.7 Å². The maximum absolute atomic E-state index is 5.55. The highest BCUT2D eigenvalue weighted by Gasteiger charge is 2.04. The highest BCUT2D eigenvalue weighted by Crippen LogP contribution is 2.23. The van der Waals surface area contributed by atoms with Gasteiger partial charge in [-0.1, -0.05) is 24.1 Å². The van der Waals surface area contributed by atoms with Gasteiger partial charge >= 0.3 is 0 Å². The lowest BCUT2D eigenvalue weighted by Gasteiger charge is -2.12. The first kappa shape index (κ1) is 20.3. The van der Waals surface area contributed by atoms with E-state index in [9.17, 15) is 0 Å². The van der Waals surface area contributed by atoms with Gasteiger partial charge in [-0.3, -0.25) is 5.43 Å². The zero-order valence-corrected chi connectivity index (χ0v) is 15.7. The molecule has 0 aliphatic heterocycles. The van der Waals surface area contributed by atoms with E-state index >= 15 is 0 Å². The standard InChI is InChI=1S/C19H23N3O2S/c1-5-8-12-17(23-4)15(6-2)14-20-22-19(25)21-16-11-9-10-13-18(16)24-7-3/h6,9-14H,7H2,1-4H3,(H2,21,22,25)/b15-6-,17-12+,20-14+. The fourth-order valence-corrected chi connectivity index (χ4v) is 2.00. The summed E-state index contributed by atoms with van der Waals surface area (Å²) in [5, 5.41) is 7.55. The van der Waals surface area contributed by atoms with Crippen molar-refractivity contribution in [3.8, 4) is 17.6 Å². The Morgan fingerprint density at radius 3 is 2.76 bits per heavy atom. The fourth-order valence-electron chi connectivity index (χ4n) is 1.84. The fraction of sp³-hybridized carbons (Fsp3) is 0.263. The third-order valence-corrected chi connectivity index (χ3v) is 3.16. The molecule has 1 rings (SSSR count). The number of para-hydroxylation sites is 2. The number of ether oxygens (including phenoxy) is 2. The van der Waals surface area contributed by atoms with Crippen molar-refractivity contribution < 1.29 is 9.47 Å². The largest absolute Gasteiger partial charge is 0.495 e. The Morgan fingerprint density at radius 2 is 2.12 bits per heavy atom. The number of allylic oxidation sites excluding steroid dienone is 3. The Morgan fingerprint density at radius 1 is 1.36 bits per heavy atom. The van der Waals surface area contributed by atoms with Gasteiger partial charge in [-0.15, -0.1) is 5.92 Å². The van der Waals surface area contributed by atoms with Gasteiger partial charge in [0, 0.05) is 11.6 Å². The molecule has 25 heavy (non-hydrogen) atoms. The van der Waals surface area contributed by atoms with Crippen LogP contribution < -0.4 is 15.5 Å². The van der Waals surface area contributed by atoms with Crippen LogP contribution in [-0.2, 0) is 4.74 Å². The van der Waals surface area contributed by atoms with Crippen molar-refractivity contribution in [1.29, 1.82) is 0 Å². The molecule has 0 atom stereocenters. The minimum absolute atomic E-state index is 0.357. The molecule has 132 valence electrons. The number of methoxy groups -OCH3 is 1. The van der Waals surface area contributed by atoms with E-state index in [2.05, 4.69) is 27.7 Å². The van der Waals surface area contributed by atoms with Crippen molar-refractivity contribution in [2.24, 2.45) is 5.10 Å². The number of benzene rings is 1. The first-order valence-corrected chi connectivity index (χ1v) is 8.22. The summed E-state index contributed by atoms with van der Waals surface area (Å²) in [5.74, 6) is 7.00. The van der Waals surface area contributed by atoms with Crippen LogP contribution in [0.2, 0.25) is 0 Å². The molecular weight excluding hydrogens is 334 g/mol. The predicted octanol–water partition coefficient (Wildman–Crippen LogP) is 3.86. The first-order valence-electron chi connectivity index (χ1n) is 7.81. The number of rotatable bonds is 7. The molecule has 0 aromatic heterocycles. The lowest BCUT2D eigenvalue weighted by Crippen LogP contribution is -2.24. The lowest BCUT2D eigenvalue weighted by molar-refractivity contribution is 0.304. The predicted molar refractivity (Wildman–Crippen MR) is 108 cm³/mol. The Hall–Kier alpha value is -2.78. The average molecular weight is 357 g/mol. The van der Waals surface area contributed by atoms with Crippen LogP contribution in [0.15, 0.2) is 52.9 Å². The molecule has 0 aliphatic rings. The molecule has 0 fully saturated rings. The van der Waals surface area contributed by atoms with Gasteiger partial charge in [0.1, 0.15) is 11.5 Å². The van der Waals surface area contributed by atoms with Gasteiger partial charge in [0.2, 0.25) is 0 Å². The number of hydrogen-bond acceptors (Lipinski definition) is 4. The minimum atomic E-state index is 0.357. The van der Waals surface area contributed by atoms with E-state index in [1.807, 2.05) is 44.2 Å². The van der Waals surface area contributed by atoms with Crippen LogP contribution in [0.25, 0.3) is 0 Å². The zero-order chi connectivity index (χ0) is 18.5. The molecule has 5 nitrogen and oxygen atoms in total. The molecule has 6 heteroatoms. The summed E-state index contributed by atoms with van der Waals surface area (Å²) in [7, 11) is 1.59. The molecule has 0 amide bonds. The monoisotopic (exact) mass is 357 g/mol. The van der Waals surface area contributed by atoms with E-state index in [0.29, 0.717) is 17.5 Å². The summed E-state index contributed by atoms with van der Waals surface area (Å²) in [5.41, 5.74) is 4.34. The van der Waals surface area contributed by atoms with E-state index in [0.717, 1.165) is 17.0 Å². The van der Waals surface area contributed by atoms with Crippen molar-refractivity contribution in [2.45, 2.75) is 20.8 Å². The van der Waals surface area contributed by atoms with Gasteiger partial charge in [-0.05, 0) is 45.1 Å². The molecule has 0 bridgehead atoms. The van der Waals surface area contributed by atoms with Crippen LogP contribution in [-0.4, -0.2) is 25.0 Å². The molecular formula is C19H23N3O2S. The van der Waals surface area contributed by atoms with Crippen molar-refractivity contribution in [3.63, 3.8) is 0 Å². The van der Waals surface area contributed by atoms with Crippen LogP contribution in [0.4, 0.5) is 5.69 Å². The van der Waals surface area contributed by atoms with E-state index in [1.165, 1.54) is 0 Å². The number of anilines is 1. The van der Waals surface area contributed by atoms with E-state index in [-0.39, 0.29) is 0 Å². The van der Waals surface area contributed by atoms with Crippen LogP contribution in [0.5, 0.6) is 5.75 Å². The summed E-state index contributed by atoms with van der Waals surface area (Å²) < 4.78 is 10.9. The lowest BCUT2D eigenvalue weighted by atomic mass is 10.2. The molecule has 0 saturated heterocycles. The summed E-state index contributed by atoms with van der Waals surface area (Å²) in [6, 6.07) is 7.56. The van der Waals surface area contributed by atoms with Gasteiger partial charge in [0.25, 0.3) is 0 Å². The Kier molecular flexibility index (Phi) is 9.49. The average Bonchev–Trinajstić information content (AvgIpc) is 2.62. The second-order valence-electron chi connectivity index (χ2n) is 4.60. The maximum Gasteiger partial charge on any atom is 0.191 e. The first-order chi connectivity index (χ1) is 12.2. The number of thiocarbonyl (C=S) groups is 1.